The van der Waals surface area contributed by atoms with E-state index in [1.54, 1.807) is 19.1 Å². The summed E-state index contributed by atoms with van der Waals surface area (Å²) in [5.41, 5.74) is 4.09. The number of hydrogen-bond acceptors (Lipinski definition) is 4. The molecule has 3 aromatic rings. The highest BCUT2D eigenvalue weighted by molar-refractivity contribution is 5.88. The molecule has 2 atom stereocenters. The normalized spacial score (nSPS) is 12.3. The Labute approximate surface area is 227 Å². The molecule has 1 N–H and O–H groups in total. The highest BCUT2D eigenvalue weighted by Gasteiger charge is 2.30. The molecule has 6 heteroatoms. The van der Waals surface area contributed by atoms with Crippen LogP contribution in [-0.4, -0.2) is 43.0 Å². The molecular weight excluding hydrogens is 476 g/mol. The van der Waals surface area contributed by atoms with E-state index in [1.807, 2.05) is 87.5 Å². The predicted molar refractivity (Wildman–Crippen MR) is 151 cm³/mol. The maximum absolute atomic E-state index is 13.9. The molecule has 3 aromatic carbocycles. The number of aryl methyl sites for hydroxylation is 2. The molecular formula is C32H40N2O4. The van der Waals surface area contributed by atoms with Crippen molar-refractivity contribution in [1.82, 2.24) is 10.2 Å². The first-order valence-corrected chi connectivity index (χ1v) is 13.2. The predicted octanol–water partition coefficient (Wildman–Crippen LogP) is 5.50. The van der Waals surface area contributed by atoms with Gasteiger partial charge in [0.15, 0.2) is 11.5 Å². The van der Waals surface area contributed by atoms with Crippen LogP contribution in [0.4, 0.5) is 0 Å². The Morgan fingerprint density at radius 2 is 1.58 bits per heavy atom. The molecule has 0 radical (unpaired) electrons. The van der Waals surface area contributed by atoms with E-state index in [9.17, 15) is 9.59 Å². The van der Waals surface area contributed by atoms with Crippen LogP contribution in [0.2, 0.25) is 0 Å². The van der Waals surface area contributed by atoms with E-state index >= 15 is 0 Å². The molecule has 0 aliphatic rings. The van der Waals surface area contributed by atoms with Crippen LogP contribution >= 0.6 is 0 Å². The minimum Gasteiger partial charge on any atom is -0.493 e. The van der Waals surface area contributed by atoms with Crippen molar-refractivity contribution in [3.63, 3.8) is 0 Å². The standard InChI is InChI=1S/C32H40N2O4/c1-6-24(3)33-32(36)28(20-25-12-8-7-9-13-25)34(22-27-14-10-11-23(2)19-27)31(35)18-16-26-15-17-29(37-4)30(21-26)38-5/h7-15,17,19,21,24,28H,6,16,18,20,22H2,1-5H3,(H,33,36)/t24-,28+/m1/s1. The van der Waals surface area contributed by atoms with Crippen LogP contribution in [0.3, 0.4) is 0 Å². The summed E-state index contributed by atoms with van der Waals surface area (Å²) in [6.07, 6.45) is 2.05. The highest BCUT2D eigenvalue weighted by atomic mass is 16.5. The lowest BCUT2D eigenvalue weighted by molar-refractivity contribution is -0.141. The van der Waals surface area contributed by atoms with Crippen molar-refractivity contribution in [1.29, 1.82) is 0 Å². The molecule has 0 fully saturated rings. The molecule has 6 nitrogen and oxygen atoms in total. The topological polar surface area (TPSA) is 67.9 Å². The summed E-state index contributed by atoms with van der Waals surface area (Å²) in [5, 5.41) is 3.12. The Kier molecular flexibility index (Phi) is 10.8. The van der Waals surface area contributed by atoms with Gasteiger partial charge in [-0.05, 0) is 55.5 Å². The Morgan fingerprint density at radius 1 is 0.868 bits per heavy atom. The zero-order valence-electron chi connectivity index (χ0n) is 23.2. The molecule has 0 spiro atoms. The first-order chi connectivity index (χ1) is 18.3. The Hall–Kier alpha value is -3.80. The summed E-state index contributed by atoms with van der Waals surface area (Å²) >= 11 is 0. The van der Waals surface area contributed by atoms with Crippen LogP contribution in [0.15, 0.2) is 72.8 Å². The maximum Gasteiger partial charge on any atom is 0.243 e. The summed E-state index contributed by atoms with van der Waals surface area (Å²) in [6, 6.07) is 23.0. The van der Waals surface area contributed by atoms with Gasteiger partial charge in [0.25, 0.3) is 0 Å². The number of nitrogens with one attached hydrogen (secondary N) is 1. The van der Waals surface area contributed by atoms with Gasteiger partial charge in [-0.25, -0.2) is 0 Å². The lowest BCUT2D eigenvalue weighted by atomic mass is 10.0. The van der Waals surface area contributed by atoms with E-state index in [2.05, 4.69) is 11.4 Å². The van der Waals surface area contributed by atoms with Gasteiger partial charge in [0.05, 0.1) is 14.2 Å². The number of rotatable bonds is 13. The molecule has 0 saturated carbocycles. The van der Waals surface area contributed by atoms with E-state index in [1.165, 1.54) is 0 Å². The van der Waals surface area contributed by atoms with Gasteiger partial charge in [0.1, 0.15) is 6.04 Å². The monoisotopic (exact) mass is 516 g/mol. The summed E-state index contributed by atoms with van der Waals surface area (Å²) in [5.74, 6) is 1.08. The quantitative estimate of drug-likeness (QED) is 0.326. The van der Waals surface area contributed by atoms with Crippen molar-refractivity contribution < 1.29 is 19.1 Å². The molecule has 0 aliphatic carbocycles. The fourth-order valence-electron chi connectivity index (χ4n) is 4.43. The van der Waals surface area contributed by atoms with Gasteiger partial charge in [-0.3, -0.25) is 9.59 Å². The Morgan fingerprint density at radius 3 is 2.24 bits per heavy atom. The van der Waals surface area contributed by atoms with Crippen LogP contribution in [0.25, 0.3) is 0 Å². The van der Waals surface area contributed by atoms with Crippen molar-refractivity contribution in [2.24, 2.45) is 0 Å². The van der Waals surface area contributed by atoms with Crippen molar-refractivity contribution >= 4 is 11.8 Å². The van der Waals surface area contributed by atoms with Gasteiger partial charge < -0.3 is 19.7 Å². The molecule has 0 bridgehead atoms. The Balaban J connectivity index is 1.91. The minimum absolute atomic E-state index is 0.0171. The summed E-state index contributed by atoms with van der Waals surface area (Å²) in [4.78, 5) is 29.2. The SMILES string of the molecule is CC[C@@H](C)NC(=O)[C@H](Cc1ccccc1)N(Cc1cccc(C)c1)C(=O)CCc1ccc(OC)c(OC)c1. The third kappa shape index (κ3) is 8.10. The van der Waals surface area contributed by atoms with Crippen molar-refractivity contribution in [3.8, 4) is 11.5 Å². The molecule has 0 aromatic heterocycles. The molecule has 0 heterocycles. The Bertz CT molecular complexity index is 1200. The second kappa shape index (κ2) is 14.2. The zero-order chi connectivity index (χ0) is 27.5. The van der Waals surface area contributed by atoms with Gasteiger partial charge in [-0.15, -0.1) is 0 Å². The van der Waals surface area contributed by atoms with E-state index in [-0.39, 0.29) is 24.3 Å². The molecule has 202 valence electrons. The van der Waals surface area contributed by atoms with Crippen LogP contribution in [0, 0.1) is 6.92 Å². The number of methoxy groups -OCH3 is 2. The van der Waals surface area contributed by atoms with Crippen LogP contribution in [0.1, 0.15) is 48.9 Å². The average molecular weight is 517 g/mol. The largest absolute Gasteiger partial charge is 0.493 e. The fourth-order valence-corrected chi connectivity index (χ4v) is 4.43. The van der Waals surface area contributed by atoms with Crippen LogP contribution in [0.5, 0.6) is 11.5 Å². The van der Waals surface area contributed by atoms with Crippen molar-refractivity contribution in [2.45, 2.75) is 65.1 Å². The maximum atomic E-state index is 13.9. The smallest absolute Gasteiger partial charge is 0.243 e. The number of carbonyl (C=O) groups excluding carboxylic acids is 2. The molecule has 0 saturated heterocycles. The third-order valence-electron chi connectivity index (χ3n) is 6.78. The summed E-state index contributed by atoms with van der Waals surface area (Å²) in [6.45, 7) is 6.42. The third-order valence-corrected chi connectivity index (χ3v) is 6.78. The second-order valence-electron chi connectivity index (χ2n) is 9.72. The number of nitrogens with zero attached hydrogens (tertiary/aromatic N) is 1. The van der Waals surface area contributed by atoms with E-state index in [0.717, 1.165) is 28.7 Å². The second-order valence-corrected chi connectivity index (χ2v) is 9.72. The van der Waals surface area contributed by atoms with Crippen LogP contribution in [-0.2, 0) is 29.0 Å². The van der Waals surface area contributed by atoms with Crippen molar-refractivity contribution in [2.75, 3.05) is 14.2 Å². The van der Waals surface area contributed by atoms with Crippen LogP contribution < -0.4 is 14.8 Å². The number of benzene rings is 3. The first kappa shape index (κ1) is 28.8. The summed E-state index contributed by atoms with van der Waals surface area (Å²) in [7, 11) is 3.20. The number of carbonyl (C=O) groups is 2. The van der Waals surface area contributed by atoms with E-state index in [4.69, 9.17) is 9.47 Å². The van der Waals surface area contributed by atoms with Gasteiger partial charge >= 0.3 is 0 Å². The molecule has 38 heavy (non-hydrogen) atoms. The van der Waals surface area contributed by atoms with Gasteiger partial charge in [0.2, 0.25) is 11.8 Å². The molecule has 2 amide bonds. The number of hydrogen-bond donors (Lipinski definition) is 1. The number of ether oxygens (including phenoxy) is 2. The molecule has 0 unspecified atom stereocenters. The van der Waals surface area contributed by atoms with Crippen molar-refractivity contribution in [3.05, 3.63) is 95.1 Å². The van der Waals surface area contributed by atoms with E-state index in [0.29, 0.717) is 30.9 Å². The van der Waals surface area contributed by atoms with Gasteiger partial charge in [-0.1, -0.05) is 73.2 Å². The molecule has 3 rings (SSSR count). The van der Waals surface area contributed by atoms with Gasteiger partial charge in [-0.2, -0.15) is 0 Å². The average Bonchev–Trinajstić information content (AvgIpc) is 2.93. The lowest BCUT2D eigenvalue weighted by Crippen LogP contribution is -2.52. The first-order valence-electron chi connectivity index (χ1n) is 13.2. The minimum atomic E-state index is -0.634. The fraction of sp³-hybridized carbons (Fsp3) is 0.375. The number of amides is 2. The summed E-state index contributed by atoms with van der Waals surface area (Å²) < 4.78 is 10.8. The lowest BCUT2D eigenvalue weighted by Gasteiger charge is -2.32. The zero-order valence-corrected chi connectivity index (χ0v) is 23.2. The highest BCUT2D eigenvalue weighted by Crippen LogP contribution is 2.28. The van der Waals surface area contributed by atoms with Gasteiger partial charge in [0, 0.05) is 25.4 Å². The molecule has 0 aliphatic heterocycles. The van der Waals surface area contributed by atoms with E-state index < -0.39 is 6.04 Å².